The van der Waals surface area contributed by atoms with Gasteiger partial charge in [-0.2, -0.15) is 0 Å². The van der Waals surface area contributed by atoms with E-state index in [1.54, 1.807) is 0 Å². The van der Waals surface area contributed by atoms with Crippen LogP contribution in [0.25, 0.3) is 0 Å². The van der Waals surface area contributed by atoms with Crippen molar-refractivity contribution < 1.29 is 5.11 Å². The van der Waals surface area contributed by atoms with Crippen LogP contribution < -0.4 is 5.73 Å². The Kier molecular flexibility index (Phi) is 3.32. The van der Waals surface area contributed by atoms with E-state index in [0.717, 1.165) is 23.2 Å². The lowest BCUT2D eigenvalue weighted by Gasteiger charge is -2.12. The highest BCUT2D eigenvalue weighted by Gasteiger charge is 2.07. The lowest BCUT2D eigenvalue weighted by atomic mass is 10.00. The first kappa shape index (κ1) is 10.1. The van der Waals surface area contributed by atoms with Crippen molar-refractivity contribution in [1.29, 1.82) is 0 Å². The fraction of sp³-hybridized carbons (Fsp3) is 0.455. The summed E-state index contributed by atoms with van der Waals surface area (Å²) in [6, 6.07) is 5.84. The van der Waals surface area contributed by atoms with Gasteiger partial charge in [-0.1, -0.05) is 19.1 Å². The van der Waals surface area contributed by atoms with Crippen LogP contribution in [0, 0.1) is 6.92 Å². The van der Waals surface area contributed by atoms with Crippen molar-refractivity contribution in [1.82, 2.24) is 0 Å². The summed E-state index contributed by atoms with van der Waals surface area (Å²) in [6.45, 7) is 3.99. The van der Waals surface area contributed by atoms with Gasteiger partial charge in [-0.25, -0.2) is 0 Å². The number of benzene rings is 1. The van der Waals surface area contributed by atoms with Crippen LogP contribution in [0.5, 0.6) is 0 Å². The molecule has 0 amide bonds. The predicted octanol–water partition coefficient (Wildman–Crippen LogP) is 1.89. The molecule has 0 fully saturated rings. The van der Waals surface area contributed by atoms with Gasteiger partial charge in [0.25, 0.3) is 0 Å². The number of nitrogen functional groups attached to an aromatic ring is 1. The average molecular weight is 179 g/mol. The van der Waals surface area contributed by atoms with E-state index in [1.807, 2.05) is 32.0 Å². The second kappa shape index (κ2) is 4.28. The van der Waals surface area contributed by atoms with Crippen LogP contribution in [0.15, 0.2) is 18.2 Å². The van der Waals surface area contributed by atoms with E-state index in [0.29, 0.717) is 6.42 Å². The number of aliphatic hydroxyl groups is 1. The Morgan fingerprint density at radius 3 is 2.69 bits per heavy atom. The minimum Gasteiger partial charge on any atom is -0.398 e. The minimum absolute atomic E-state index is 0.275. The monoisotopic (exact) mass is 179 g/mol. The van der Waals surface area contributed by atoms with E-state index >= 15 is 0 Å². The molecule has 1 atom stereocenters. The van der Waals surface area contributed by atoms with Crippen LogP contribution in [0.3, 0.4) is 0 Å². The Balaban J connectivity index is 2.87. The van der Waals surface area contributed by atoms with Gasteiger partial charge in [0.2, 0.25) is 0 Å². The molecule has 0 bridgehead atoms. The molecule has 0 aliphatic carbocycles. The Morgan fingerprint density at radius 1 is 1.46 bits per heavy atom. The molecule has 0 saturated heterocycles. The molecule has 3 N–H and O–H groups in total. The molecule has 0 saturated carbocycles. The fourth-order valence-electron chi connectivity index (χ4n) is 1.38. The lowest BCUT2D eigenvalue weighted by Crippen LogP contribution is -2.11. The number of hydrogen-bond acceptors (Lipinski definition) is 2. The molecule has 0 spiro atoms. The zero-order valence-electron chi connectivity index (χ0n) is 8.25. The van der Waals surface area contributed by atoms with Crippen molar-refractivity contribution in [3.63, 3.8) is 0 Å². The Bertz CT molecular complexity index is 263. The molecule has 0 aromatic heterocycles. The van der Waals surface area contributed by atoms with E-state index < -0.39 is 0 Å². The van der Waals surface area contributed by atoms with Gasteiger partial charge < -0.3 is 10.8 Å². The fourth-order valence-corrected chi connectivity index (χ4v) is 1.38. The van der Waals surface area contributed by atoms with Crippen molar-refractivity contribution in [2.45, 2.75) is 32.8 Å². The summed E-state index contributed by atoms with van der Waals surface area (Å²) < 4.78 is 0. The van der Waals surface area contributed by atoms with E-state index in [2.05, 4.69) is 0 Å². The molecule has 13 heavy (non-hydrogen) atoms. The van der Waals surface area contributed by atoms with Crippen LogP contribution in [-0.2, 0) is 6.42 Å². The smallest absolute Gasteiger partial charge is 0.0578 e. The van der Waals surface area contributed by atoms with Gasteiger partial charge in [0.15, 0.2) is 0 Å². The Labute approximate surface area is 79.4 Å². The standard InChI is InChI=1S/C11H17NO/c1-3-9(13)7-10-8(2)5-4-6-11(10)12/h4-6,9,13H,3,7,12H2,1-2H3. The van der Waals surface area contributed by atoms with Crippen LogP contribution in [-0.4, -0.2) is 11.2 Å². The van der Waals surface area contributed by atoms with Gasteiger partial charge >= 0.3 is 0 Å². The predicted molar refractivity (Wildman–Crippen MR) is 55.6 cm³/mol. The van der Waals surface area contributed by atoms with Crippen LogP contribution in [0.2, 0.25) is 0 Å². The van der Waals surface area contributed by atoms with E-state index in [9.17, 15) is 5.11 Å². The quantitative estimate of drug-likeness (QED) is 0.696. The number of rotatable bonds is 3. The number of nitrogens with two attached hydrogens (primary N) is 1. The largest absolute Gasteiger partial charge is 0.398 e. The highest BCUT2D eigenvalue weighted by Crippen LogP contribution is 2.18. The van der Waals surface area contributed by atoms with Gasteiger partial charge in [0, 0.05) is 12.1 Å². The summed E-state index contributed by atoms with van der Waals surface area (Å²) in [6.07, 6.45) is 1.16. The third-order valence-electron chi connectivity index (χ3n) is 2.36. The van der Waals surface area contributed by atoms with Gasteiger partial charge in [-0.3, -0.25) is 0 Å². The van der Waals surface area contributed by atoms with Crippen LogP contribution in [0.1, 0.15) is 24.5 Å². The van der Waals surface area contributed by atoms with E-state index in [1.165, 1.54) is 0 Å². The number of anilines is 1. The first-order valence-corrected chi connectivity index (χ1v) is 4.67. The summed E-state index contributed by atoms with van der Waals surface area (Å²) in [4.78, 5) is 0. The van der Waals surface area contributed by atoms with Gasteiger partial charge in [0.05, 0.1) is 6.10 Å². The molecule has 0 aliphatic heterocycles. The Hall–Kier alpha value is -1.02. The summed E-state index contributed by atoms with van der Waals surface area (Å²) in [5, 5.41) is 9.50. The number of aliphatic hydroxyl groups excluding tert-OH is 1. The highest BCUT2D eigenvalue weighted by atomic mass is 16.3. The number of hydrogen-bond donors (Lipinski definition) is 2. The van der Waals surface area contributed by atoms with Gasteiger partial charge in [0.1, 0.15) is 0 Å². The lowest BCUT2D eigenvalue weighted by molar-refractivity contribution is 0.171. The average Bonchev–Trinajstić information content (AvgIpc) is 2.11. The first-order chi connectivity index (χ1) is 6.15. The SMILES string of the molecule is CCC(O)Cc1c(C)cccc1N. The molecule has 1 rings (SSSR count). The van der Waals surface area contributed by atoms with Crippen molar-refractivity contribution in [3.8, 4) is 0 Å². The van der Waals surface area contributed by atoms with Gasteiger partial charge in [-0.05, 0) is 30.5 Å². The number of aryl methyl sites for hydroxylation is 1. The molecule has 0 heterocycles. The molecule has 1 aromatic carbocycles. The maximum absolute atomic E-state index is 9.50. The zero-order valence-corrected chi connectivity index (χ0v) is 8.25. The van der Waals surface area contributed by atoms with Crippen LogP contribution in [0.4, 0.5) is 5.69 Å². The molecular formula is C11H17NO. The maximum atomic E-state index is 9.50. The molecule has 0 aliphatic rings. The summed E-state index contributed by atoms with van der Waals surface area (Å²) >= 11 is 0. The van der Waals surface area contributed by atoms with Crippen molar-refractivity contribution in [2.24, 2.45) is 0 Å². The topological polar surface area (TPSA) is 46.2 Å². The Morgan fingerprint density at radius 2 is 2.15 bits per heavy atom. The second-order valence-corrected chi connectivity index (χ2v) is 3.41. The first-order valence-electron chi connectivity index (χ1n) is 4.67. The molecule has 72 valence electrons. The molecule has 1 aromatic rings. The summed E-state index contributed by atoms with van der Waals surface area (Å²) in [5.74, 6) is 0. The van der Waals surface area contributed by atoms with E-state index in [4.69, 9.17) is 5.73 Å². The summed E-state index contributed by atoms with van der Waals surface area (Å²) in [7, 11) is 0. The van der Waals surface area contributed by atoms with Crippen molar-refractivity contribution in [3.05, 3.63) is 29.3 Å². The molecule has 0 radical (unpaired) electrons. The highest BCUT2D eigenvalue weighted by molar-refractivity contribution is 5.50. The third-order valence-corrected chi connectivity index (χ3v) is 2.36. The summed E-state index contributed by atoms with van der Waals surface area (Å²) in [5.41, 5.74) is 8.84. The van der Waals surface area contributed by atoms with Gasteiger partial charge in [-0.15, -0.1) is 0 Å². The molecule has 1 unspecified atom stereocenters. The second-order valence-electron chi connectivity index (χ2n) is 3.41. The van der Waals surface area contributed by atoms with Crippen molar-refractivity contribution >= 4 is 5.69 Å². The molecule has 2 heteroatoms. The molecular weight excluding hydrogens is 162 g/mol. The normalized spacial score (nSPS) is 12.8. The molecule has 2 nitrogen and oxygen atoms in total. The van der Waals surface area contributed by atoms with Crippen molar-refractivity contribution in [2.75, 3.05) is 5.73 Å². The maximum Gasteiger partial charge on any atom is 0.0578 e. The zero-order chi connectivity index (χ0) is 9.84. The van der Waals surface area contributed by atoms with Crippen LogP contribution >= 0.6 is 0 Å². The van der Waals surface area contributed by atoms with E-state index in [-0.39, 0.29) is 6.10 Å². The third kappa shape index (κ3) is 2.46. The minimum atomic E-state index is -0.275.